The number of aromatic amines is 1. The zero-order valence-electron chi connectivity index (χ0n) is 14.1. The van der Waals surface area contributed by atoms with Gasteiger partial charge in [0.05, 0.1) is 12.1 Å². The van der Waals surface area contributed by atoms with Gasteiger partial charge in [0.1, 0.15) is 11.9 Å². The summed E-state index contributed by atoms with van der Waals surface area (Å²) in [5.41, 5.74) is 1.46. The van der Waals surface area contributed by atoms with Crippen molar-refractivity contribution in [2.45, 2.75) is 26.0 Å². The van der Waals surface area contributed by atoms with Crippen LogP contribution in [0.1, 0.15) is 24.7 Å². The van der Waals surface area contributed by atoms with Crippen molar-refractivity contribution in [2.24, 2.45) is 0 Å². The number of aryl methyl sites for hydroxylation is 1. The number of H-pyrrole nitrogens is 1. The van der Waals surface area contributed by atoms with Crippen molar-refractivity contribution in [3.63, 3.8) is 0 Å². The topological polar surface area (TPSA) is 89.2 Å². The summed E-state index contributed by atoms with van der Waals surface area (Å²) >= 11 is 0. The van der Waals surface area contributed by atoms with Gasteiger partial charge in [-0.25, -0.2) is 9.78 Å². The van der Waals surface area contributed by atoms with Gasteiger partial charge in [-0.05, 0) is 12.1 Å². The summed E-state index contributed by atoms with van der Waals surface area (Å²) in [6, 6.07) is 7.49. The molecule has 1 aliphatic rings. The van der Waals surface area contributed by atoms with E-state index in [1.165, 1.54) is 0 Å². The van der Waals surface area contributed by atoms with Crippen LogP contribution in [-0.4, -0.2) is 50.9 Å². The van der Waals surface area contributed by atoms with E-state index in [1.54, 1.807) is 4.57 Å². The molecule has 25 heavy (non-hydrogen) atoms. The van der Waals surface area contributed by atoms with E-state index in [1.807, 2.05) is 31.2 Å². The summed E-state index contributed by atoms with van der Waals surface area (Å²) in [5.74, 6) is 1.26. The van der Waals surface area contributed by atoms with E-state index in [9.17, 15) is 4.79 Å². The highest BCUT2D eigenvalue weighted by Crippen LogP contribution is 2.19. The number of nitrogens with zero attached hydrogens (tertiary/aromatic N) is 4. The zero-order chi connectivity index (χ0) is 17.2. The van der Waals surface area contributed by atoms with E-state index in [0.29, 0.717) is 31.1 Å². The first-order chi connectivity index (χ1) is 12.2. The maximum absolute atomic E-state index is 12.1. The minimum Gasteiger partial charge on any atom is -0.408 e. The fraction of sp³-hybridized carbons (Fsp3) is 0.471. The lowest BCUT2D eigenvalue weighted by Gasteiger charge is -2.31. The lowest BCUT2D eigenvalue weighted by molar-refractivity contribution is -0.0350. The van der Waals surface area contributed by atoms with E-state index in [0.717, 1.165) is 30.9 Å². The fourth-order valence-corrected chi connectivity index (χ4v) is 3.14. The highest BCUT2D eigenvalue weighted by molar-refractivity contribution is 5.72. The second-order valence-corrected chi connectivity index (χ2v) is 6.14. The van der Waals surface area contributed by atoms with Gasteiger partial charge in [0.25, 0.3) is 0 Å². The van der Waals surface area contributed by atoms with Crippen molar-refractivity contribution in [2.75, 3.05) is 26.2 Å². The van der Waals surface area contributed by atoms with Gasteiger partial charge >= 0.3 is 5.76 Å². The summed E-state index contributed by atoms with van der Waals surface area (Å²) in [4.78, 5) is 18.8. The number of ether oxygens (including phenoxy) is 1. The first kappa shape index (κ1) is 16.0. The number of hydrogen-bond donors (Lipinski definition) is 1. The maximum atomic E-state index is 12.1. The first-order valence-corrected chi connectivity index (χ1v) is 8.58. The van der Waals surface area contributed by atoms with Gasteiger partial charge in [0.15, 0.2) is 11.4 Å². The normalized spacial score (nSPS) is 18.8. The van der Waals surface area contributed by atoms with Gasteiger partial charge in [-0.15, -0.1) is 0 Å². The molecular weight excluding hydrogens is 322 g/mol. The highest BCUT2D eigenvalue weighted by atomic mass is 16.5. The molecule has 1 aromatic carbocycles. The number of oxazole rings is 1. The molecule has 1 atom stereocenters. The van der Waals surface area contributed by atoms with Crippen molar-refractivity contribution in [1.82, 2.24) is 24.6 Å². The van der Waals surface area contributed by atoms with Gasteiger partial charge in [0, 0.05) is 32.6 Å². The Bertz CT molecular complexity index is 912. The van der Waals surface area contributed by atoms with Crippen LogP contribution in [0.3, 0.4) is 0 Å². The molecule has 0 spiro atoms. The van der Waals surface area contributed by atoms with Crippen molar-refractivity contribution < 1.29 is 9.15 Å². The Hall–Kier alpha value is -2.45. The Morgan fingerprint density at radius 3 is 3.04 bits per heavy atom. The molecule has 1 N–H and O–H groups in total. The Morgan fingerprint density at radius 1 is 1.32 bits per heavy atom. The lowest BCUT2D eigenvalue weighted by Crippen LogP contribution is -2.40. The Morgan fingerprint density at radius 2 is 2.20 bits per heavy atom. The molecule has 0 bridgehead atoms. The standard InChI is InChI=1S/C17H21N5O3/c1-2-15-18-16(20-19-15)14-11-21(9-10-24-14)7-8-22-12-5-3-4-6-13(12)25-17(22)23/h3-6,14H,2,7-11H2,1H3,(H,18,19,20)/t14-/m1/s1. The molecule has 4 rings (SSSR count). The van der Waals surface area contributed by atoms with Crippen LogP contribution < -0.4 is 5.76 Å². The number of fused-ring (bicyclic) bond motifs is 1. The number of benzene rings is 1. The summed E-state index contributed by atoms with van der Waals surface area (Å²) in [5, 5.41) is 7.18. The van der Waals surface area contributed by atoms with Gasteiger partial charge in [-0.2, -0.15) is 5.10 Å². The Labute approximate surface area is 144 Å². The molecular formula is C17H21N5O3. The second kappa shape index (κ2) is 6.81. The molecule has 1 aliphatic heterocycles. The number of hydrogen-bond acceptors (Lipinski definition) is 6. The average molecular weight is 343 g/mol. The summed E-state index contributed by atoms with van der Waals surface area (Å²) in [6.45, 7) is 5.52. The van der Waals surface area contributed by atoms with Crippen LogP contribution in [0.4, 0.5) is 0 Å². The van der Waals surface area contributed by atoms with E-state index < -0.39 is 0 Å². The van der Waals surface area contributed by atoms with Crippen LogP contribution in [0.5, 0.6) is 0 Å². The fourth-order valence-electron chi connectivity index (χ4n) is 3.14. The summed E-state index contributed by atoms with van der Waals surface area (Å²) in [7, 11) is 0. The van der Waals surface area contributed by atoms with Gasteiger partial charge in [-0.1, -0.05) is 19.1 Å². The molecule has 0 aliphatic carbocycles. The molecule has 0 amide bonds. The molecule has 3 aromatic rings. The van der Waals surface area contributed by atoms with Crippen LogP contribution in [0.15, 0.2) is 33.5 Å². The second-order valence-electron chi connectivity index (χ2n) is 6.14. The molecule has 8 heteroatoms. The molecule has 2 aromatic heterocycles. The molecule has 8 nitrogen and oxygen atoms in total. The quantitative estimate of drug-likeness (QED) is 0.752. The molecule has 3 heterocycles. The monoisotopic (exact) mass is 343 g/mol. The minimum atomic E-state index is -0.312. The molecule has 1 saturated heterocycles. The zero-order valence-corrected chi connectivity index (χ0v) is 14.1. The van der Waals surface area contributed by atoms with E-state index in [4.69, 9.17) is 9.15 Å². The van der Waals surface area contributed by atoms with E-state index >= 15 is 0 Å². The molecule has 0 radical (unpaired) electrons. The van der Waals surface area contributed by atoms with Crippen molar-refractivity contribution >= 4 is 11.1 Å². The number of aromatic nitrogens is 4. The summed E-state index contributed by atoms with van der Waals surface area (Å²) in [6.07, 6.45) is 0.683. The van der Waals surface area contributed by atoms with Crippen LogP contribution in [0, 0.1) is 0 Å². The number of morpholine rings is 1. The number of para-hydroxylation sites is 2. The Balaban J connectivity index is 1.44. The summed E-state index contributed by atoms with van der Waals surface area (Å²) < 4.78 is 12.8. The van der Waals surface area contributed by atoms with Crippen molar-refractivity contribution in [3.05, 3.63) is 46.5 Å². The van der Waals surface area contributed by atoms with Crippen LogP contribution in [-0.2, 0) is 17.7 Å². The molecule has 132 valence electrons. The van der Waals surface area contributed by atoms with Gasteiger partial charge in [-0.3, -0.25) is 14.6 Å². The average Bonchev–Trinajstić information content (AvgIpc) is 3.24. The SMILES string of the molecule is CCc1nc([C@H]2CN(CCn3c(=O)oc4ccccc43)CCO2)n[nH]1. The predicted molar refractivity (Wildman–Crippen MR) is 91.4 cm³/mol. The van der Waals surface area contributed by atoms with Crippen LogP contribution >= 0.6 is 0 Å². The molecule has 0 unspecified atom stereocenters. The third kappa shape index (κ3) is 3.22. The molecule has 0 saturated carbocycles. The van der Waals surface area contributed by atoms with Crippen molar-refractivity contribution in [3.8, 4) is 0 Å². The smallest absolute Gasteiger partial charge is 0.408 e. The Kier molecular flexibility index (Phi) is 4.37. The van der Waals surface area contributed by atoms with E-state index in [-0.39, 0.29) is 11.9 Å². The largest absolute Gasteiger partial charge is 0.419 e. The molecule has 1 fully saturated rings. The van der Waals surface area contributed by atoms with Gasteiger partial charge < -0.3 is 9.15 Å². The van der Waals surface area contributed by atoms with Crippen LogP contribution in [0.25, 0.3) is 11.1 Å². The third-order valence-corrected chi connectivity index (χ3v) is 4.54. The third-order valence-electron chi connectivity index (χ3n) is 4.54. The predicted octanol–water partition coefficient (Wildman–Crippen LogP) is 1.35. The van der Waals surface area contributed by atoms with E-state index in [2.05, 4.69) is 20.1 Å². The van der Waals surface area contributed by atoms with Crippen molar-refractivity contribution in [1.29, 1.82) is 0 Å². The number of rotatable bonds is 5. The highest BCUT2D eigenvalue weighted by Gasteiger charge is 2.25. The lowest BCUT2D eigenvalue weighted by atomic mass is 10.2. The first-order valence-electron chi connectivity index (χ1n) is 8.58. The maximum Gasteiger partial charge on any atom is 0.419 e. The van der Waals surface area contributed by atoms with Crippen LogP contribution in [0.2, 0.25) is 0 Å². The number of nitrogens with one attached hydrogen (secondary N) is 1. The van der Waals surface area contributed by atoms with Gasteiger partial charge in [0.2, 0.25) is 0 Å². The minimum absolute atomic E-state index is 0.136.